The minimum atomic E-state index is -0.0664. The van der Waals surface area contributed by atoms with Crippen molar-refractivity contribution in [3.05, 3.63) is 0 Å². The highest BCUT2D eigenvalue weighted by Crippen LogP contribution is 2.20. The standard InChI is InChI=1S/C15H31NO/c1-3-5-10-15(17)12-11-14-9-6-8-13(16-14)7-4-2/h13-17H,3-12H2,1-2H3/t13-,14-,15+/m1/s1. The Morgan fingerprint density at radius 3 is 2.41 bits per heavy atom. The molecule has 1 rings (SSSR count). The van der Waals surface area contributed by atoms with Gasteiger partial charge in [0.05, 0.1) is 6.10 Å². The number of aliphatic hydroxyl groups excluding tert-OH is 1. The van der Waals surface area contributed by atoms with Gasteiger partial charge in [0.1, 0.15) is 0 Å². The first-order chi connectivity index (χ1) is 8.26. The fourth-order valence-electron chi connectivity index (χ4n) is 2.89. The predicted octanol–water partition coefficient (Wildman–Crippen LogP) is 3.63. The Labute approximate surface area is 107 Å². The number of aliphatic hydroxyl groups is 1. The Morgan fingerprint density at radius 1 is 1.06 bits per heavy atom. The van der Waals surface area contributed by atoms with Crippen LogP contribution in [0.5, 0.6) is 0 Å². The van der Waals surface area contributed by atoms with Crippen molar-refractivity contribution < 1.29 is 5.11 Å². The summed E-state index contributed by atoms with van der Waals surface area (Å²) in [5, 5.41) is 13.6. The van der Waals surface area contributed by atoms with Gasteiger partial charge in [-0.05, 0) is 38.5 Å². The number of unbranched alkanes of at least 4 members (excludes halogenated alkanes) is 1. The molecule has 0 bridgehead atoms. The lowest BCUT2D eigenvalue weighted by Crippen LogP contribution is -2.42. The van der Waals surface area contributed by atoms with Gasteiger partial charge in [-0.1, -0.05) is 39.5 Å². The van der Waals surface area contributed by atoms with E-state index in [-0.39, 0.29) is 6.10 Å². The summed E-state index contributed by atoms with van der Waals surface area (Å²) in [6.07, 6.45) is 12.0. The lowest BCUT2D eigenvalue weighted by atomic mass is 9.92. The van der Waals surface area contributed by atoms with E-state index in [9.17, 15) is 5.11 Å². The molecule has 102 valence electrons. The third-order valence-electron chi connectivity index (χ3n) is 3.95. The Balaban J connectivity index is 2.13. The van der Waals surface area contributed by atoms with Gasteiger partial charge in [-0.15, -0.1) is 0 Å². The third kappa shape index (κ3) is 6.42. The second-order valence-corrected chi connectivity index (χ2v) is 5.65. The van der Waals surface area contributed by atoms with Crippen molar-refractivity contribution in [3.63, 3.8) is 0 Å². The van der Waals surface area contributed by atoms with Crippen molar-refractivity contribution in [2.45, 2.75) is 96.2 Å². The Kier molecular flexibility index (Phi) is 7.87. The first-order valence-electron chi connectivity index (χ1n) is 7.70. The number of rotatable bonds is 8. The molecule has 1 fully saturated rings. The van der Waals surface area contributed by atoms with Crippen molar-refractivity contribution in [2.75, 3.05) is 0 Å². The van der Waals surface area contributed by atoms with Crippen LogP contribution in [-0.2, 0) is 0 Å². The van der Waals surface area contributed by atoms with Crippen LogP contribution in [0.1, 0.15) is 78.1 Å². The molecular formula is C15H31NO. The first-order valence-corrected chi connectivity index (χ1v) is 7.70. The summed E-state index contributed by atoms with van der Waals surface area (Å²) in [5.74, 6) is 0. The second kappa shape index (κ2) is 8.93. The molecule has 1 heterocycles. The van der Waals surface area contributed by atoms with E-state index in [2.05, 4.69) is 19.2 Å². The second-order valence-electron chi connectivity index (χ2n) is 5.65. The summed E-state index contributed by atoms with van der Waals surface area (Å²) in [5.41, 5.74) is 0. The van der Waals surface area contributed by atoms with E-state index in [0.717, 1.165) is 31.7 Å². The van der Waals surface area contributed by atoms with Crippen LogP contribution in [0.3, 0.4) is 0 Å². The van der Waals surface area contributed by atoms with Crippen LogP contribution in [0, 0.1) is 0 Å². The molecule has 0 unspecified atom stereocenters. The van der Waals surface area contributed by atoms with Gasteiger partial charge in [-0.2, -0.15) is 0 Å². The number of nitrogens with one attached hydrogen (secondary N) is 1. The molecular weight excluding hydrogens is 210 g/mol. The zero-order valence-corrected chi connectivity index (χ0v) is 11.8. The van der Waals surface area contributed by atoms with Crippen LogP contribution in [0.25, 0.3) is 0 Å². The maximum absolute atomic E-state index is 9.85. The Morgan fingerprint density at radius 2 is 1.76 bits per heavy atom. The van der Waals surface area contributed by atoms with E-state index < -0.39 is 0 Å². The van der Waals surface area contributed by atoms with Crippen LogP contribution in [-0.4, -0.2) is 23.3 Å². The molecule has 1 aliphatic rings. The van der Waals surface area contributed by atoms with Gasteiger partial charge in [-0.3, -0.25) is 0 Å². The molecule has 0 saturated carbocycles. The van der Waals surface area contributed by atoms with Gasteiger partial charge < -0.3 is 10.4 Å². The zero-order chi connectivity index (χ0) is 12.5. The monoisotopic (exact) mass is 241 g/mol. The van der Waals surface area contributed by atoms with E-state index >= 15 is 0 Å². The zero-order valence-electron chi connectivity index (χ0n) is 11.8. The predicted molar refractivity (Wildman–Crippen MR) is 74.2 cm³/mol. The average molecular weight is 241 g/mol. The maximum Gasteiger partial charge on any atom is 0.0540 e. The van der Waals surface area contributed by atoms with E-state index in [1.165, 1.54) is 38.5 Å². The third-order valence-corrected chi connectivity index (χ3v) is 3.95. The molecule has 0 aromatic carbocycles. The van der Waals surface area contributed by atoms with E-state index in [1.54, 1.807) is 0 Å². The Hall–Kier alpha value is -0.0800. The molecule has 1 aliphatic heterocycles. The van der Waals surface area contributed by atoms with Gasteiger partial charge in [0.25, 0.3) is 0 Å². The summed E-state index contributed by atoms with van der Waals surface area (Å²) < 4.78 is 0. The number of hydrogen-bond acceptors (Lipinski definition) is 2. The fourth-order valence-corrected chi connectivity index (χ4v) is 2.89. The molecule has 3 atom stereocenters. The molecule has 2 nitrogen and oxygen atoms in total. The number of hydrogen-bond donors (Lipinski definition) is 2. The first kappa shape index (κ1) is 15.0. The largest absolute Gasteiger partial charge is 0.393 e. The van der Waals surface area contributed by atoms with Crippen LogP contribution in [0.15, 0.2) is 0 Å². The summed E-state index contributed by atoms with van der Waals surface area (Å²) in [7, 11) is 0. The molecule has 0 aromatic rings. The minimum absolute atomic E-state index is 0.0664. The SMILES string of the molecule is CCCC[C@H](O)CC[C@H]1CCC[C@@H](CCC)N1. The van der Waals surface area contributed by atoms with Gasteiger partial charge in [0, 0.05) is 12.1 Å². The van der Waals surface area contributed by atoms with Gasteiger partial charge >= 0.3 is 0 Å². The molecule has 2 N–H and O–H groups in total. The van der Waals surface area contributed by atoms with Crippen molar-refractivity contribution in [3.8, 4) is 0 Å². The molecule has 0 aliphatic carbocycles. The van der Waals surface area contributed by atoms with E-state index in [1.807, 2.05) is 0 Å². The fraction of sp³-hybridized carbons (Fsp3) is 1.00. The molecule has 0 radical (unpaired) electrons. The highest BCUT2D eigenvalue weighted by molar-refractivity contribution is 4.80. The van der Waals surface area contributed by atoms with Crippen LogP contribution in [0.2, 0.25) is 0 Å². The van der Waals surface area contributed by atoms with Crippen molar-refractivity contribution in [1.29, 1.82) is 0 Å². The average Bonchev–Trinajstić information content (AvgIpc) is 2.35. The molecule has 0 aromatic heterocycles. The summed E-state index contributed by atoms with van der Waals surface area (Å²) in [6.45, 7) is 4.45. The summed E-state index contributed by atoms with van der Waals surface area (Å²) >= 11 is 0. The van der Waals surface area contributed by atoms with Crippen molar-refractivity contribution in [2.24, 2.45) is 0 Å². The Bertz CT molecular complexity index is 182. The molecule has 2 heteroatoms. The van der Waals surface area contributed by atoms with Crippen LogP contribution < -0.4 is 5.32 Å². The topological polar surface area (TPSA) is 32.3 Å². The lowest BCUT2D eigenvalue weighted by molar-refractivity contribution is 0.139. The van der Waals surface area contributed by atoms with Crippen LogP contribution in [0.4, 0.5) is 0 Å². The highest BCUT2D eigenvalue weighted by Gasteiger charge is 2.20. The number of piperidine rings is 1. The van der Waals surface area contributed by atoms with Crippen molar-refractivity contribution in [1.82, 2.24) is 5.32 Å². The minimum Gasteiger partial charge on any atom is -0.393 e. The van der Waals surface area contributed by atoms with Gasteiger partial charge in [0.2, 0.25) is 0 Å². The highest BCUT2D eigenvalue weighted by atomic mass is 16.3. The molecule has 0 amide bonds. The molecule has 1 saturated heterocycles. The molecule has 0 spiro atoms. The summed E-state index contributed by atoms with van der Waals surface area (Å²) in [6, 6.07) is 1.41. The van der Waals surface area contributed by atoms with Gasteiger partial charge in [-0.25, -0.2) is 0 Å². The smallest absolute Gasteiger partial charge is 0.0540 e. The van der Waals surface area contributed by atoms with E-state index in [0.29, 0.717) is 6.04 Å². The van der Waals surface area contributed by atoms with Crippen LogP contribution >= 0.6 is 0 Å². The lowest BCUT2D eigenvalue weighted by Gasteiger charge is -2.31. The quantitative estimate of drug-likeness (QED) is 0.680. The van der Waals surface area contributed by atoms with Gasteiger partial charge in [0.15, 0.2) is 0 Å². The van der Waals surface area contributed by atoms with Crippen molar-refractivity contribution >= 4 is 0 Å². The molecule has 17 heavy (non-hydrogen) atoms. The normalized spacial score (nSPS) is 27.0. The maximum atomic E-state index is 9.85. The van der Waals surface area contributed by atoms with E-state index in [4.69, 9.17) is 0 Å². The summed E-state index contributed by atoms with van der Waals surface area (Å²) in [4.78, 5) is 0.